The Balaban J connectivity index is 1.37. The zero-order chi connectivity index (χ0) is 19.5. The standard InChI is InChI=1S/C21H27N3O4/c25-19-7-6-18(24(19)17-4-2-1-3-5-17)21(27)22-10-8-16(9-11-22)20(26)23-12-14-28-15-13-23/h1-5,16,18H,6-15H2. The summed E-state index contributed by atoms with van der Waals surface area (Å²) in [6.45, 7) is 3.68. The van der Waals surface area contributed by atoms with Crippen LogP contribution < -0.4 is 4.90 Å². The first-order valence-electron chi connectivity index (χ1n) is 10.2. The van der Waals surface area contributed by atoms with E-state index < -0.39 is 6.04 Å². The number of para-hydroxylation sites is 1. The number of carbonyl (C=O) groups excluding carboxylic acids is 3. The lowest BCUT2D eigenvalue weighted by molar-refractivity contribution is -0.144. The summed E-state index contributed by atoms with van der Waals surface area (Å²) in [5.74, 6) is 0.184. The van der Waals surface area contributed by atoms with Gasteiger partial charge in [0.25, 0.3) is 0 Å². The van der Waals surface area contributed by atoms with E-state index in [4.69, 9.17) is 4.74 Å². The quantitative estimate of drug-likeness (QED) is 0.786. The van der Waals surface area contributed by atoms with Crippen molar-refractivity contribution in [2.24, 2.45) is 5.92 Å². The molecule has 3 aliphatic heterocycles. The van der Waals surface area contributed by atoms with Gasteiger partial charge in [0.2, 0.25) is 17.7 Å². The normalized spacial score (nSPS) is 23.9. The number of likely N-dealkylation sites (tertiary alicyclic amines) is 1. The van der Waals surface area contributed by atoms with Gasteiger partial charge < -0.3 is 14.5 Å². The number of ether oxygens (including phenoxy) is 1. The molecule has 7 nitrogen and oxygen atoms in total. The number of hydrogen-bond acceptors (Lipinski definition) is 4. The van der Waals surface area contributed by atoms with Crippen molar-refractivity contribution in [1.82, 2.24) is 9.80 Å². The van der Waals surface area contributed by atoms with Crippen LogP contribution in [-0.4, -0.2) is 73.0 Å². The van der Waals surface area contributed by atoms with E-state index in [1.54, 1.807) is 4.90 Å². The van der Waals surface area contributed by atoms with E-state index in [0.717, 1.165) is 5.69 Å². The first-order valence-corrected chi connectivity index (χ1v) is 10.2. The number of hydrogen-bond donors (Lipinski definition) is 0. The first-order chi connectivity index (χ1) is 13.6. The number of morpholine rings is 1. The molecule has 0 aliphatic carbocycles. The van der Waals surface area contributed by atoms with Gasteiger partial charge in [-0.3, -0.25) is 19.3 Å². The van der Waals surface area contributed by atoms with Gasteiger partial charge in [-0.25, -0.2) is 0 Å². The Morgan fingerprint density at radius 2 is 1.50 bits per heavy atom. The van der Waals surface area contributed by atoms with Crippen LogP contribution in [0.2, 0.25) is 0 Å². The number of rotatable bonds is 3. The molecule has 4 rings (SSSR count). The number of carbonyl (C=O) groups is 3. The van der Waals surface area contributed by atoms with Crippen LogP contribution in [0.4, 0.5) is 5.69 Å². The maximum atomic E-state index is 13.1. The molecule has 0 spiro atoms. The number of piperidine rings is 1. The van der Waals surface area contributed by atoms with Crippen LogP contribution in [0.5, 0.6) is 0 Å². The maximum Gasteiger partial charge on any atom is 0.245 e. The van der Waals surface area contributed by atoms with E-state index in [9.17, 15) is 14.4 Å². The molecule has 0 aromatic heterocycles. The molecular weight excluding hydrogens is 358 g/mol. The lowest BCUT2D eigenvalue weighted by atomic mass is 9.94. The second-order valence-corrected chi connectivity index (χ2v) is 7.69. The highest BCUT2D eigenvalue weighted by Gasteiger charge is 2.40. The Labute approximate surface area is 165 Å². The van der Waals surface area contributed by atoms with Crippen LogP contribution in [0.3, 0.4) is 0 Å². The van der Waals surface area contributed by atoms with Crippen LogP contribution in [-0.2, 0) is 19.1 Å². The number of anilines is 1. The van der Waals surface area contributed by atoms with Crippen molar-refractivity contribution in [3.8, 4) is 0 Å². The fourth-order valence-corrected chi connectivity index (χ4v) is 4.43. The summed E-state index contributed by atoms with van der Waals surface area (Å²) >= 11 is 0. The average Bonchev–Trinajstić information content (AvgIpc) is 3.15. The molecule has 0 saturated carbocycles. The van der Waals surface area contributed by atoms with Gasteiger partial charge in [-0.05, 0) is 31.4 Å². The molecule has 1 aromatic carbocycles. The monoisotopic (exact) mass is 385 g/mol. The van der Waals surface area contributed by atoms with Crippen molar-refractivity contribution in [1.29, 1.82) is 0 Å². The van der Waals surface area contributed by atoms with Crippen molar-refractivity contribution in [2.45, 2.75) is 31.7 Å². The zero-order valence-corrected chi connectivity index (χ0v) is 16.1. The second kappa shape index (κ2) is 8.31. The number of benzene rings is 1. The van der Waals surface area contributed by atoms with Crippen LogP contribution in [0.15, 0.2) is 30.3 Å². The third kappa shape index (κ3) is 3.76. The second-order valence-electron chi connectivity index (χ2n) is 7.69. The van der Waals surface area contributed by atoms with Crippen LogP contribution >= 0.6 is 0 Å². The molecule has 1 aromatic rings. The predicted molar refractivity (Wildman–Crippen MR) is 104 cm³/mol. The minimum Gasteiger partial charge on any atom is -0.378 e. The Morgan fingerprint density at radius 3 is 2.18 bits per heavy atom. The largest absolute Gasteiger partial charge is 0.378 e. The molecule has 0 bridgehead atoms. The van der Waals surface area contributed by atoms with Gasteiger partial charge in [0.1, 0.15) is 6.04 Å². The average molecular weight is 385 g/mol. The van der Waals surface area contributed by atoms with Gasteiger partial charge in [0.15, 0.2) is 0 Å². The minimum absolute atomic E-state index is 0.00179. The van der Waals surface area contributed by atoms with Gasteiger partial charge in [0, 0.05) is 44.2 Å². The fourth-order valence-electron chi connectivity index (χ4n) is 4.43. The molecule has 1 unspecified atom stereocenters. The highest BCUT2D eigenvalue weighted by atomic mass is 16.5. The van der Waals surface area contributed by atoms with Crippen LogP contribution in [0, 0.1) is 5.92 Å². The third-order valence-electron chi connectivity index (χ3n) is 6.01. The van der Waals surface area contributed by atoms with Crippen LogP contribution in [0.25, 0.3) is 0 Å². The molecule has 0 radical (unpaired) electrons. The van der Waals surface area contributed by atoms with E-state index in [1.165, 1.54) is 0 Å². The summed E-state index contributed by atoms with van der Waals surface area (Å²) in [6, 6.07) is 8.97. The molecule has 1 atom stereocenters. The van der Waals surface area contributed by atoms with E-state index in [0.29, 0.717) is 65.1 Å². The third-order valence-corrected chi connectivity index (χ3v) is 6.01. The smallest absolute Gasteiger partial charge is 0.245 e. The Bertz CT molecular complexity index is 724. The highest BCUT2D eigenvalue weighted by molar-refractivity contribution is 6.03. The van der Waals surface area contributed by atoms with E-state index in [2.05, 4.69) is 0 Å². The molecule has 3 heterocycles. The number of amides is 3. The Kier molecular flexibility index (Phi) is 5.62. The van der Waals surface area contributed by atoms with Crippen molar-refractivity contribution in [3.05, 3.63) is 30.3 Å². The molecular formula is C21H27N3O4. The van der Waals surface area contributed by atoms with E-state index in [-0.39, 0.29) is 23.6 Å². The van der Waals surface area contributed by atoms with Crippen molar-refractivity contribution in [3.63, 3.8) is 0 Å². The van der Waals surface area contributed by atoms with Gasteiger partial charge in [-0.15, -0.1) is 0 Å². The van der Waals surface area contributed by atoms with Crippen molar-refractivity contribution >= 4 is 23.4 Å². The maximum absolute atomic E-state index is 13.1. The van der Waals surface area contributed by atoms with E-state index in [1.807, 2.05) is 40.1 Å². The summed E-state index contributed by atoms with van der Waals surface area (Å²) in [7, 11) is 0. The summed E-state index contributed by atoms with van der Waals surface area (Å²) < 4.78 is 5.32. The molecule has 3 aliphatic rings. The van der Waals surface area contributed by atoms with Crippen molar-refractivity contribution < 1.29 is 19.1 Å². The van der Waals surface area contributed by atoms with Gasteiger partial charge >= 0.3 is 0 Å². The molecule has 7 heteroatoms. The SMILES string of the molecule is O=C(C1CCN(C(=O)C2CCC(=O)N2c2ccccc2)CC1)N1CCOCC1. The van der Waals surface area contributed by atoms with Gasteiger partial charge in [-0.1, -0.05) is 18.2 Å². The molecule has 3 fully saturated rings. The zero-order valence-electron chi connectivity index (χ0n) is 16.1. The Hall–Kier alpha value is -2.41. The lowest BCUT2D eigenvalue weighted by Gasteiger charge is -2.37. The van der Waals surface area contributed by atoms with Gasteiger partial charge in [0.05, 0.1) is 13.2 Å². The first kappa shape index (κ1) is 18.9. The predicted octanol–water partition coefficient (Wildman–Crippen LogP) is 1.28. The molecule has 28 heavy (non-hydrogen) atoms. The summed E-state index contributed by atoms with van der Waals surface area (Å²) in [5.41, 5.74) is 0.778. The van der Waals surface area contributed by atoms with Gasteiger partial charge in [-0.2, -0.15) is 0 Å². The van der Waals surface area contributed by atoms with E-state index >= 15 is 0 Å². The molecule has 150 valence electrons. The summed E-state index contributed by atoms with van der Waals surface area (Å²) in [6.07, 6.45) is 2.33. The Morgan fingerprint density at radius 1 is 0.857 bits per heavy atom. The lowest BCUT2D eigenvalue weighted by Crippen LogP contribution is -2.51. The summed E-state index contributed by atoms with van der Waals surface area (Å²) in [4.78, 5) is 43.6. The molecule has 3 amide bonds. The molecule has 0 N–H and O–H groups in total. The molecule has 3 saturated heterocycles. The number of nitrogens with zero attached hydrogens (tertiary/aromatic N) is 3. The fraction of sp³-hybridized carbons (Fsp3) is 0.571. The highest BCUT2D eigenvalue weighted by Crippen LogP contribution is 2.29. The minimum atomic E-state index is -0.429. The van der Waals surface area contributed by atoms with Crippen molar-refractivity contribution in [2.75, 3.05) is 44.3 Å². The van der Waals surface area contributed by atoms with Crippen LogP contribution in [0.1, 0.15) is 25.7 Å². The summed E-state index contributed by atoms with van der Waals surface area (Å²) in [5, 5.41) is 0. The topological polar surface area (TPSA) is 70.2 Å².